The van der Waals surface area contributed by atoms with Crippen molar-refractivity contribution in [1.29, 1.82) is 0 Å². The summed E-state index contributed by atoms with van der Waals surface area (Å²) < 4.78 is 5.91. The summed E-state index contributed by atoms with van der Waals surface area (Å²) in [5.74, 6) is 0.618. The molecule has 1 amide bonds. The number of piperidine rings is 1. The van der Waals surface area contributed by atoms with Crippen LogP contribution in [-0.4, -0.2) is 40.0 Å². The van der Waals surface area contributed by atoms with Gasteiger partial charge in [0.25, 0.3) is 5.91 Å². The molecule has 0 spiro atoms. The summed E-state index contributed by atoms with van der Waals surface area (Å²) in [4.78, 5) is 22.9. The summed E-state index contributed by atoms with van der Waals surface area (Å²) in [6, 6.07) is 15.6. The molecule has 1 fully saturated rings. The van der Waals surface area contributed by atoms with E-state index in [1.165, 1.54) is 6.33 Å². The SMILES string of the molecule is O=C(c1cccc2ccccc12)N1CCCC(Oc2ccncn2)C1. The number of benzene rings is 2. The predicted molar refractivity (Wildman–Crippen MR) is 95.5 cm³/mol. The van der Waals surface area contributed by atoms with Crippen molar-refractivity contribution in [3.63, 3.8) is 0 Å². The molecule has 0 aliphatic carbocycles. The number of hydrogen-bond donors (Lipinski definition) is 0. The van der Waals surface area contributed by atoms with Gasteiger partial charge < -0.3 is 9.64 Å². The largest absolute Gasteiger partial charge is 0.472 e. The van der Waals surface area contributed by atoms with Crippen LogP contribution in [0, 0.1) is 0 Å². The Hall–Kier alpha value is -2.95. The Labute approximate surface area is 146 Å². The summed E-state index contributed by atoms with van der Waals surface area (Å²) >= 11 is 0. The number of aromatic nitrogens is 2. The van der Waals surface area contributed by atoms with Gasteiger partial charge in [-0.15, -0.1) is 0 Å². The Bertz CT molecular complexity index is 877. The third kappa shape index (κ3) is 3.31. The molecular weight excluding hydrogens is 314 g/mol. The van der Waals surface area contributed by atoms with Crippen molar-refractivity contribution in [2.24, 2.45) is 0 Å². The molecule has 25 heavy (non-hydrogen) atoms. The highest BCUT2D eigenvalue weighted by Gasteiger charge is 2.26. The maximum atomic E-state index is 13.1. The van der Waals surface area contributed by atoms with Gasteiger partial charge in [0.05, 0.1) is 6.54 Å². The number of fused-ring (bicyclic) bond motifs is 1. The minimum absolute atomic E-state index is 0.0393. The molecule has 1 unspecified atom stereocenters. The highest BCUT2D eigenvalue weighted by atomic mass is 16.5. The van der Waals surface area contributed by atoms with Crippen LogP contribution in [-0.2, 0) is 0 Å². The molecule has 1 aliphatic rings. The van der Waals surface area contributed by atoms with E-state index in [1.807, 2.05) is 47.4 Å². The number of carbonyl (C=O) groups excluding carboxylic acids is 1. The van der Waals surface area contributed by atoms with Crippen molar-refractivity contribution in [2.75, 3.05) is 13.1 Å². The number of hydrogen-bond acceptors (Lipinski definition) is 4. The van der Waals surface area contributed by atoms with E-state index in [9.17, 15) is 4.79 Å². The fourth-order valence-corrected chi connectivity index (χ4v) is 3.32. The maximum absolute atomic E-state index is 13.1. The monoisotopic (exact) mass is 333 g/mol. The quantitative estimate of drug-likeness (QED) is 0.738. The first kappa shape index (κ1) is 15.6. The average molecular weight is 333 g/mol. The summed E-state index contributed by atoms with van der Waals surface area (Å²) in [6.07, 6.45) is 4.93. The Morgan fingerprint density at radius 1 is 1.12 bits per heavy atom. The Kier molecular flexibility index (Phi) is 4.29. The van der Waals surface area contributed by atoms with Crippen LogP contribution in [0.2, 0.25) is 0 Å². The maximum Gasteiger partial charge on any atom is 0.254 e. The standard InChI is InChI=1S/C20H19N3O2/c24-20(18-9-3-6-15-5-1-2-8-17(15)18)23-12-4-7-16(13-23)25-19-10-11-21-14-22-19/h1-3,5-6,8-11,14,16H,4,7,12-13H2. The van der Waals surface area contributed by atoms with Gasteiger partial charge in [0.15, 0.2) is 0 Å². The van der Waals surface area contributed by atoms with Crippen LogP contribution in [0.15, 0.2) is 61.1 Å². The second kappa shape index (κ2) is 6.89. The van der Waals surface area contributed by atoms with E-state index in [1.54, 1.807) is 12.3 Å². The van der Waals surface area contributed by atoms with Crippen molar-refractivity contribution in [3.8, 4) is 5.88 Å². The predicted octanol–water partition coefficient (Wildman–Crippen LogP) is 3.31. The second-order valence-electron chi connectivity index (χ2n) is 6.21. The molecule has 0 N–H and O–H groups in total. The lowest BCUT2D eigenvalue weighted by atomic mass is 10.0. The summed E-state index contributed by atoms with van der Waals surface area (Å²) in [6.45, 7) is 1.33. The molecule has 126 valence electrons. The molecule has 0 radical (unpaired) electrons. The second-order valence-corrected chi connectivity index (χ2v) is 6.21. The van der Waals surface area contributed by atoms with E-state index in [2.05, 4.69) is 9.97 Å². The molecule has 2 aromatic carbocycles. The van der Waals surface area contributed by atoms with Crippen LogP contribution < -0.4 is 4.74 Å². The Morgan fingerprint density at radius 2 is 2.00 bits per heavy atom. The molecule has 1 atom stereocenters. The van der Waals surface area contributed by atoms with Crippen LogP contribution in [0.5, 0.6) is 5.88 Å². The van der Waals surface area contributed by atoms with Crippen molar-refractivity contribution in [3.05, 3.63) is 66.6 Å². The number of rotatable bonds is 3. The van der Waals surface area contributed by atoms with Gasteiger partial charge in [-0.05, 0) is 29.7 Å². The number of nitrogens with zero attached hydrogens (tertiary/aromatic N) is 3. The van der Waals surface area contributed by atoms with Gasteiger partial charge in [0, 0.05) is 24.4 Å². The first-order valence-electron chi connectivity index (χ1n) is 8.51. The van der Waals surface area contributed by atoms with Crippen molar-refractivity contribution >= 4 is 16.7 Å². The number of likely N-dealkylation sites (tertiary alicyclic amines) is 1. The smallest absolute Gasteiger partial charge is 0.254 e. The summed E-state index contributed by atoms with van der Waals surface area (Å²) in [5, 5.41) is 2.08. The molecule has 3 aromatic rings. The third-order valence-corrected chi connectivity index (χ3v) is 4.53. The summed E-state index contributed by atoms with van der Waals surface area (Å²) in [7, 11) is 0. The van der Waals surface area contributed by atoms with E-state index in [0.29, 0.717) is 12.4 Å². The van der Waals surface area contributed by atoms with Crippen LogP contribution in [0.1, 0.15) is 23.2 Å². The normalized spacial score (nSPS) is 17.4. The summed E-state index contributed by atoms with van der Waals surface area (Å²) in [5.41, 5.74) is 0.751. The van der Waals surface area contributed by atoms with Gasteiger partial charge in [-0.25, -0.2) is 9.97 Å². The number of amides is 1. The van der Waals surface area contributed by atoms with Gasteiger partial charge in [0.1, 0.15) is 12.4 Å². The lowest BCUT2D eigenvalue weighted by Gasteiger charge is -2.32. The van der Waals surface area contributed by atoms with Crippen molar-refractivity contribution < 1.29 is 9.53 Å². The minimum Gasteiger partial charge on any atom is -0.472 e. The first-order chi connectivity index (χ1) is 12.3. The van der Waals surface area contributed by atoms with Crippen molar-refractivity contribution in [1.82, 2.24) is 14.9 Å². The molecule has 2 heterocycles. The number of ether oxygens (including phenoxy) is 1. The zero-order valence-electron chi connectivity index (χ0n) is 13.8. The zero-order valence-corrected chi connectivity index (χ0v) is 13.8. The fraction of sp³-hybridized carbons (Fsp3) is 0.250. The molecule has 4 rings (SSSR count). The first-order valence-corrected chi connectivity index (χ1v) is 8.51. The van der Waals surface area contributed by atoms with Crippen LogP contribution >= 0.6 is 0 Å². The van der Waals surface area contributed by atoms with E-state index < -0.39 is 0 Å². The van der Waals surface area contributed by atoms with Gasteiger partial charge in [-0.3, -0.25) is 4.79 Å². The van der Waals surface area contributed by atoms with Gasteiger partial charge >= 0.3 is 0 Å². The molecule has 0 saturated carbocycles. The van der Waals surface area contributed by atoms with E-state index in [4.69, 9.17) is 4.74 Å². The molecule has 1 saturated heterocycles. The Balaban J connectivity index is 1.53. The minimum atomic E-state index is -0.0393. The molecule has 1 aromatic heterocycles. The zero-order chi connectivity index (χ0) is 17.1. The third-order valence-electron chi connectivity index (χ3n) is 4.53. The van der Waals surface area contributed by atoms with Gasteiger partial charge in [0.2, 0.25) is 5.88 Å². The Morgan fingerprint density at radius 3 is 2.88 bits per heavy atom. The molecule has 0 bridgehead atoms. The highest BCUT2D eigenvalue weighted by molar-refractivity contribution is 6.07. The van der Waals surface area contributed by atoms with Crippen LogP contribution in [0.3, 0.4) is 0 Å². The fourth-order valence-electron chi connectivity index (χ4n) is 3.32. The molecular formula is C20H19N3O2. The van der Waals surface area contributed by atoms with Crippen molar-refractivity contribution in [2.45, 2.75) is 18.9 Å². The van der Waals surface area contributed by atoms with Crippen LogP contribution in [0.4, 0.5) is 0 Å². The van der Waals surface area contributed by atoms with E-state index in [-0.39, 0.29) is 12.0 Å². The topological polar surface area (TPSA) is 55.3 Å². The lowest BCUT2D eigenvalue weighted by Crippen LogP contribution is -2.44. The number of carbonyl (C=O) groups is 1. The molecule has 1 aliphatic heterocycles. The average Bonchev–Trinajstić information content (AvgIpc) is 2.68. The van der Waals surface area contributed by atoms with E-state index >= 15 is 0 Å². The van der Waals surface area contributed by atoms with Crippen LogP contribution in [0.25, 0.3) is 10.8 Å². The molecule has 5 nitrogen and oxygen atoms in total. The molecule has 5 heteroatoms. The van der Waals surface area contributed by atoms with E-state index in [0.717, 1.165) is 35.7 Å². The lowest BCUT2D eigenvalue weighted by molar-refractivity contribution is 0.0529. The van der Waals surface area contributed by atoms with Gasteiger partial charge in [-0.2, -0.15) is 0 Å². The highest BCUT2D eigenvalue weighted by Crippen LogP contribution is 2.23. The van der Waals surface area contributed by atoms with Gasteiger partial charge in [-0.1, -0.05) is 36.4 Å².